The average molecular weight is 447 g/mol. The molecule has 0 spiro atoms. The highest BCUT2D eigenvalue weighted by Gasteiger charge is 2.36. The third kappa shape index (κ3) is 6.07. The molecule has 0 amide bonds. The number of non-ortho nitro benzene ring substituents is 1. The van der Waals surface area contributed by atoms with Crippen LogP contribution >= 0.6 is 0 Å². The first-order valence-corrected chi connectivity index (χ1v) is 10.4. The van der Waals surface area contributed by atoms with Crippen molar-refractivity contribution in [1.82, 2.24) is 5.32 Å². The molecule has 10 heteroatoms. The number of benzene rings is 1. The number of nitro benzene ring substituents is 1. The lowest BCUT2D eigenvalue weighted by Crippen LogP contribution is -2.41. The van der Waals surface area contributed by atoms with Crippen LogP contribution in [0.15, 0.2) is 47.1 Å². The van der Waals surface area contributed by atoms with Crippen molar-refractivity contribution in [1.29, 1.82) is 0 Å². The minimum absolute atomic E-state index is 0.0207. The zero-order valence-electron chi connectivity index (χ0n) is 19.0. The molecule has 0 unspecified atom stereocenters. The molecule has 1 aromatic carbocycles. The van der Waals surface area contributed by atoms with Crippen LogP contribution in [-0.2, 0) is 23.8 Å². The van der Waals surface area contributed by atoms with E-state index < -0.39 is 23.0 Å². The number of allylic oxidation sites excluding steroid dienone is 2. The zero-order valence-corrected chi connectivity index (χ0v) is 19.0. The highest BCUT2D eigenvalue weighted by Crippen LogP contribution is 2.34. The highest BCUT2D eigenvalue weighted by molar-refractivity contribution is 6.03. The number of ether oxygens (including phenoxy) is 3. The molecule has 0 aromatic heterocycles. The van der Waals surface area contributed by atoms with E-state index >= 15 is 0 Å². The molecule has 0 radical (unpaired) electrons. The number of nitrogens with zero attached hydrogens (tertiary/aromatic N) is 2. The maximum atomic E-state index is 13.0. The molecule has 0 saturated heterocycles. The number of carbonyl (C=O) groups is 2. The molecule has 1 aromatic rings. The summed E-state index contributed by atoms with van der Waals surface area (Å²) in [5, 5.41) is 14.3. The topological polar surface area (TPSA) is 120 Å². The van der Waals surface area contributed by atoms with E-state index in [1.807, 2.05) is 6.92 Å². The van der Waals surface area contributed by atoms with Gasteiger partial charge in [-0.05, 0) is 40.2 Å². The van der Waals surface area contributed by atoms with Gasteiger partial charge in [-0.25, -0.2) is 9.59 Å². The van der Waals surface area contributed by atoms with Crippen molar-refractivity contribution in [3.8, 4) is 0 Å². The molecule has 1 N–H and O–H groups in total. The first kappa shape index (κ1) is 24.9. The molecular formula is C22H29N3O7. The summed E-state index contributed by atoms with van der Waals surface area (Å²) >= 11 is 0. The van der Waals surface area contributed by atoms with E-state index in [2.05, 4.69) is 5.32 Å². The highest BCUT2D eigenvalue weighted by atomic mass is 16.6. The molecule has 0 saturated carbocycles. The van der Waals surface area contributed by atoms with Crippen LogP contribution in [0.25, 0.3) is 0 Å². The van der Waals surface area contributed by atoms with Gasteiger partial charge in [-0.1, -0.05) is 13.0 Å². The SMILES string of the molecule is CCCOCCOC(=O)C1=C(C)NC(C)=C(C(=O)OC(C)C)N1c1cccc([N+](=O)[O-])c1. The maximum Gasteiger partial charge on any atom is 0.357 e. The predicted molar refractivity (Wildman–Crippen MR) is 117 cm³/mol. The Bertz CT molecular complexity index is 937. The molecule has 10 nitrogen and oxygen atoms in total. The Morgan fingerprint density at radius 2 is 1.75 bits per heavy atom. The first-order valence-electron chi connectivity index (χ1n) is 10.4. The van der Waals surface area contributed by atoms with E-state index in [1.165, 1.54) is 23.1 Å². The average Bonchev–Trinajstić information content (AvgIpc) is 2.72. The molecule has 2 rings (SSSR count). The van der Waals surface area contributed by atoms with Crippen LogP contribution in [0.5, 0.6) is 0 Å². The number of hydrogen-bond acceptors (Lipinski definition) is 9. The van der Waals surface area contributed by atoms with Crippen LogP contribution in [0.2, 0.25) is 0 Å². The molecule has 0 atom stereocenters. The number of esters is 2. The van der Waals surface area contributed by atoms with Gasteiger partial charge in [0.25, 0.3) is 5.69 Å². The van der Waals surface area contributed by atoms with Crippen LogP contribution in [0.1, 0.15) is 41.0 Å². The zero-order chi connectivity index (χ0) is 23.8. The first-order chi connectivity index (χ1) is 15.2. The van der Waals surface area contributed by atoms with E-state index in [-0.39, 0.29) is 36.0 Å². The summed E-state index contributed by atoms with van der Waals surface area (Å²) in [5.41, 5.74) is 0.997. The van der Waals surface area contributed by atoms with Gasteiger partial charge in [0.15, 0.2) is 11.4 Å². The number of rotatable bonds is 10. The Hall–Kier alpha value is -3.40. The minimum Gasteiger partial charge on any atom is -0.459 e. The summed E-state index contributed by atoms with van der Waals surface area (Å²) in [5.74, 6) is -1.38. The molecule has 32 heavy (non-hydrogen) atoms. The van der Waals surface area contributed by atoms with Gasteiger partial charge in [-0.2, -0.15) is 0 Å². The Balaban J connectivity index is 2.49. The van der Waals surface area contributed by atoms with Crippen molar-refractivity contribution in [2.45, 2.75) is 47.1 Å². The van der Waals surface area contributed by atoms with Gasteiger partial charge in [0.2, 0.25) is 0 Å². The standard InChI is InChI=1S/C22H29N3O7/c1-6-10-30-11-12-31-21(26)19-15(4)23-16(5)20(22(27)32-14(2)3)24(19)17-8-7-9-18(13-17)25(28)29/h7-9,13-14,23H,6,10-12H2,1-5H3. The summed E-state index contributed by atoms with van der Waals surface area (Å²) < 4.78 is 16.1. The van der Waals surface area contributed by atoms with Crippen molar-refractivity contribution in [3.63, 3.8) is 0 Å². The van der Waals surface area contributed by atoms with Crippen molar-refractivity contribution >= 4 is 23.3 Å². The van der Waals surface area contributed by atoms with Gasteiger partial charge in [-0.15, -0.1) is 0 Å². The third-order valence-electron chi connectivity index (χ3n) is 4.37. The Morgan fingerprint density at radius 3 is 2.34 bits per heavy atom. The second-order valence-electron chi connectivity index (χ2n) is 7.39. The van der Waals surface area contributed by atoms with Crippen LogP contribution in [0.4, 0.5) is 11.4 Å². The fourth-order valence-corrected chi connectivity index (χ4v) is 3.12. The molecule has 0 bridgehead atoms. The molecule has 0 fully saturated rings. The van der Waals surface area contributed by atoms with Gasteiger partial charge < -0.3 is 19.5 Å². The molecule has 174 valence electrons. The number of nitrogens with one attached hydrogen (secondary N) is 1. The fourth-order valence-electron chi connectivity index (χ4n) is 3.12. The quantitative estimate of drug-likeness (QED) is 0.249. The summed E-state index contributed by atoms with van der Waals surface area (Å²) in [6, 6.07) is 5.66. The minimum atomic E-state index is -0.705. The fraction of sp³-hybridized carbons (Fsp3) is 0.455. The predicted octanol–water partition coefficient (Wildman–Crippen LogP) is 3.39. The lowest BCUT2D eigenvalue weighted by Gasteiger charge is -2.34. The number of nitro groups is 1. The lowest BCUT2D eigenvalue weighted by molar-refractivity contribution is -0.384. The number of anilines is 1. The Kier molecular flexibility index (Phi) is 8.77. The van der Waals surface area contributed by atoms with E-state index in [0.717, 1.165) is 6.42 Å². The Morgan fingerprint density at radius 1 is 1.09 bits per heavy atom. The summed E-state index contributed by atoms with van der Waals surface area (Å²) in [6.07, 6.45) is 0.432. The largest absolute Gasteiger partial charge is 0.459 e. The van der Waals surface area contributed by atoms with Crippen molar-refractivity contribution in [3.05, 3.63) is 57.2 Å². The van der Waals surface area contributed by atoms with Gasteiger partial charge in [0.1, 0.15) is 6.61 Å². The van der Waals surface area contributed by atoms with Crippen molar-refractivity contribution in [2.75, 3.05) is 24.7 Å². The smallest absolute Gasteiger partial charge is 0.357 e. The maximum absolute atomic E-state index is 13.0. The van der Waals surface area contributed by atoms with Gasteiger partial charge in [0.05, 0.1) is 23.3 Å². The molecular weight excluding hydrogens is 418 g/mol. The van der Waals surface area contributed by atoms with Crippen LogP contribution in [-0.4, -0.2) is 42.8 Å². The molecule has 1 heterocycles. The van der Waals surface area contributed by atoms with E-state index in [9.17, 15) is 19.7 Å². The van der Waals surface area contributed by atoms with Crippen LogP contribution in [0.3, 0.4) is 0 Å². The van der Waals surface area contributed by atoms with E-state index in [4.69, 9.17) is 14.2 Å². The number of hydrogen-bond donors (Lipinski definition) is 1. The second kappa shape index (κ2) is 11.3. The molecule has 1 aliphatic rings. The molecule has 0 aliphatic carbocycles. The van der Waals surface area contributed by atoms with Gasteiger partial charge in [0, 0.05) is 30.1 Å². The Labute approximate surface area is 187 Å². The van der Waals surface area contributed by atoms with E-state index in [1.54, 1.807) is 33.8 Å². The third-order valence-corrected chi connectivity index (χ3v) is 4.37. The van der Waals surface area contributed by atoms with Crippen molar-refractivity contribution in [2.24, 2.45) is 0 Å². The normalized spacial score (nSPS) is 13.9. The number of carbonyl (C=O) groups excluding carboxylic acids is 2. The summed E-state index contributed by atoms with van der Waals surface area (Å²) in [4.78, 5) is 38.1. The summed E-state index contributed by atoms with van der Waals surface area (Å²) in [7, 11) is 0. The monoisotopic (exact) mass is 447 g/mol. The van der Waals surface area contributed by atoms with Crippen LogP contribution < -0.4 is 10.2 Å². The van der Waals surface area contributed by atoms with Crippen LogP contribution in [0, 0.1) is 10.1 Å². The van der Waals surface area contributed by atoms with Gasteiger partial charge in [-0.3, -0.25) is 15.0 Å². The van der Waals surface area contributed by atoms with Gasteiger partial charge >= 0.3 is 11.9 Å². The van der Waals surface area contributed by atoms with E-state index in [0.29, 0.717) is 18.0 Å². The summed E-state index contributed by atoms with van der Waals surface area (Å²) in [6.45, 7) is 9.49. The van der Waals surface area contributed by atoms with Crippen molar-refractivity contribution < 1.29 is 28.7 Å². The molecule has 1 aliphatic heterocycles. The second-order valence-corrected chi connectivity index (χ2v) is 7.39. The lowest BCUT2D eigenvalue weighted by atomic mass is 10.1.